The number of thiophene rings is 5. The minimum Gasteiger partial charge on any atom is -0.481 e. The van der Waals surface area contributed by atoms with E-state index < -0.39 is 195 Å². The van der Waals surface area contributed by atoms with Gasteiger partial charge in [-0.05, 0) is 60.7 Å². The summed E-state index contributed by atoms with van der Waals surface area (Å²) in [5.74, 6) is -19.4. The molecule has 5 rings (SSSR count). The van der Waals surface area contributed by atoms with E-state index in [2.05, 4.69) is 21.3 Å². The highest BCUT2D eigenvalue weighted by molar-refractivity contribution is 7.30. The highest BCUT2D eigenvalue weighted by Gasteiger charge is 2.32. The summed E-state index contributed by atoms with van der Waals surface area (Å²) in [6, 6.07) is 11.6. The molecular formula is C56H58N6O22S5. The van der Waals surface area contributed by atoms with Crippen molar-refractivity contribution in [1.82, 2.24) is 31.9 Å². The maximum Gasteiger partial charge on any atom is 0.326 e. The fraction of sp³-hybridized carbons (Fsp3) is 0.357. The van der Waals surface area contributed by atoms with E-state index in [1.54, 1.807) is 35.6 Å². The number of Topliss-reactive ketones (excluding diaryl/α,β-unsaturated/α-hetero) is 4. The van der Waals surface area contributed by atoms with Gasteiger partial charge in [-0.3, -0.25) is 67.1 Å². The Hall–Kier alpha value is -9.18. The number of amides is 6. The largest absolute Gasteiger partial charge is 0.481 e. The first-order chi connectivity index (χ1) is 42.0. The summed E-state index contributed by atoms with van der Waals surface area (Å²) < 4.78 is 0. The average molecular weight is 1330 g/mol. The van der Waals surface area contributed by atoms with E-state index in [4.69, 9.17) is 10.2 Å². The van der Waals surface area contributed by atoms with Crippen LogP contribution < -0.4 is 31.9 Å². The van der Waals surface area contributed by atoms with Gasteiger partial charge in [0.05, 0.1) is 60.6 Å². The van der Waals surface area contributed by atoms with Gasteiger partial charge in [0.2, 0.25) is 23.6 Å². The number of rotatable bonds is 38. The zero-order valence-electron chi connectivity index (χ0n) is 47.0. The second-order valence-electron chi connectivity index (χ2n) is 19.8. The lowest BCUT2D eigenvalue weighted by Gasteiger charge is -2.19. The molecule has 89 heavy (non-hydrogen) atoms. The lowest BCUT2D eigenvalue weighted by atomic mass is 9.97. The van der Waals surface area contributed by atoms with Gasteiger partial charge in [0.15, 0.2) is 23.1 Å². The van der Waals surface area contributed by atoms with Gasteiger partial charge >= 0.3 is 35.8 Å². The second kappa shape index (κ2) is 33.2. The molecule has 0 radical (unpaired) electrons. The van der Waals surface area contributed by atoms with Crippen LogP contribution in [0.2, 0.25) is 0 Å². The molecular weight excluding hydrogens is 1270 g/mol. The van der Waals surface area contributed by atoms with Crippen molar-refractivity contribution in [3.63, 3.8) is 0 Å². The van der Waals surface area contributed by atoms with Crippen LogP contribution in [0.25, 0.3) is 39.0 Å². The Morgan fingerprint density at radius 3 is 0.899 bits per heavy atom. The quantitative estimate of drug-likeness (QED) is 0.0265. The minimum atomic E-state index is -1.79. The zero-order chi connectivity index (χ0) is 65.8. The van der Waals surface area contributed by atoms with E-state index >= 15 is 0 Å². The number of aliphatic carboxylic acids is 6. The summed E-state index contributed by atoms with van der Waals surface area (Å²) in [5, 5.41) is 68.3. The smallest absolute Gasteiger partial charge is 0.326 e. The van der Waals surface area contributed by atoms with E-state index in [9.17, 15) is 97.1 Å². The molecule has 0 spiro atoms. The SMILES string of the molecule is C[C@H](CC(=O)[C@H](CC(=O)O)NC(=O)CCC(=O)CNC(=O)c1ccc(-c2ccc(-c3ccc(-c4ccc(-c5ccc(C(=O)NCC(=O)CCC(=O)N[C@@H](CC(=O)O)C(=O)C[C@@H](C)C(=O)N[C@@H](CC(=O)O)C(=O)O)s5)s4)s3)s2)s1)C(=O)N[C@@H](CC(=O)O)C(=O)O. The number of carboxylic acid groups (broad SMARTS) is 6. The fourth-order valence-electron chi connectivity index (χ4n) is 8.03. The third-order valence-electron chi connectivity index (χ3n) is 12.7. The van der Waals surface area contributed by atoms with Crippen LogP contribution >= 0.6 is 56.7 Å². The van der Waals surface area contributed by atoms with Crippen LogP contribution in [0.5, 0.6) is 0 Å². The standard InChI is InChI=1S/C56H58N6O22S5/c1-25(51(77)61-31(55(81)82)21-49(73)74)17-33(65)29(19-47(69)70)59-45(67)15-3-27(63)23-57-53(79)43-13-11-41(88-43)39-9-7-37(86-39)35-5-6-36(85-35)38-8-10-40(87-38)42-12-14-44(89-42)54(80)58-24-28(64)4-16-46(68)60-30(20-48(71)72)34(66)18-26(2)52(78)62-32(56(83)84)22-50(75)76/h5-14,25-26,29-32H,3-4,15-24H2,1-2H3,(H,57,79)(H,58,80)(H,59,67)(H,60,68)(H,61,77)(H,62,78)(H,69,70)(H,71,72)(H,73,74)(H,75,76)(H,81,82)(H,83,84)/t25-,26-,29+,30+,31+,32+/m1/s1. The van der Waals surface area contributed by atoms with Gasteiger partial charge in [-0.15, -0.1) is 56.7 Å². The fourth-order valence-corrected chi connectivity index (χ4v) is 13.3. The molecule has 474 valence electrons. The van der Waals surface area contributed by atoms with Crippen molar-refractivity contribution >= 4 is 151 Å². The predicted octanol–water partition coefficient (Wildman–Crippen LogP) is 4.02. The molecule has 6 amide bonds. The molecule has 0 aromatic carbocycles. The van der Waals surface area contributed by atoms with E-state index in [1.807, 2.05) is 47.0 Å². The maximum atomic E-state index is 13.0. The molecule has 0 saturated heterocycles. The molecule has 28 nitrogen and oxygen atoms in total. The molecule has 0 bridgehead atoms. The molecule has 0 aliphatic carbocycles. The van der Waals surface area contributed by atoms with Gasteiger partial charge in [0, 0.05) is 89.4 Å². The zero-order valence-corrected chi connectivity index (χ0v) is 51.1. The molecule has 33 heteroatoms. The molecule has 0 saturated carbocycles. The first-order valence-electron chi connectivity index (χ1n) is 26.6. The average Bonchev–Trinajstić information content (AvgIpc) is 1.98. The Morgan fingerprint density at radius 2 is 0.618 bits per heavy atom. The van der Waals surface area contributed by atoms with Crippen LogP contribution in [0.4, 0.5) is 0 Å². The Balaban J connectivity index is 1.05. The van der Waals surface area contributed by atoms with Crippen LogP contribution in [-0.2, 0) is 67.1 Å². The summed E-state index contributed by atoms with van der Waals surface area (Å²) in [7, 11) is 0. The van der Waals surface area contributed by atoms with Crippen molar-refractivity contribution in [2.24, 2.45) is 11.8 Å². The van der Waals surface area contributed by atoms with Gasteiger partial charge in [-0.2, -0.15) is 0 Å². The molecule has 5 aromatic rings. The predicted molar refractivity (Wildman–Crippen MR) is 320 cm³/mol. The molecule has 5 aromatic heterocycles. The van der Waals surface area contributed by atoms with E-state index in [0.717, 1.165) is 39.0 Å². The number of hydrogen-bond donors (Lipinski definition) is 12. The van der Waals surface area contributed by atoms with Crippen molar-refractivity contribution < 1.29 is 107 Å². The Kier molecular flexibility index (Phi) is 26.4. The lowest BCUT2D eigenvalue weighted by Crippen LogP contribution is -2.46. The van der Waals surface area contributed by atoms with Gasteiger partial charge in [0.1, 0.15) is 12.1 Å². The summed E-state index contributed by atoms with van der Waals surface area (Å²) in [5.41, 5.74) is 0. The summed E-state index contributed by atoms with van der Waals surface area (Å²) in [6.45, 7) is 1.56. The van der Waals surface area contributed by atoms with E-state index in [1.165, 1.54) is 59.2 Å². The number of carbonyl (C=O) groups excluding carboxylic acids is 10. The first kappa shape index (κ1) is 70.6. The van der Waals surface area contributed by atoms with Gasteiger partial charge in [-0.1, -0.05) is 13.8 Å². The Bertz CT molecular complexity index is 3330. The normalized spacial score (nSPS) is 13.0. The molecule has 12 N–H and O–H groups in total. The number of carbonyl (C=O) groups is 16. The van der Waals surface area contributed by atoms with E-state index in [0.29, 0.717) is 9.75 Å². The molecule has 5 heterocycles. The summed E-state index contributed by atoms with van der Waals surface area (Å²) in [6.07, 6.45) is -6.61. The van der Waals surface area contributed by atoms with Gasteiger partial charge in [0.25, 0.3) is 11.8 Å². The van der Waals surface area contributed by atoms with E-state index in [-0.39, 0.29) is 12.8 Å². The monoisotopic (exact) mass is 1330 g/mol. The van der Waals surface area contributed by atoms with Crippen LogP contribution in [0, 0.1) is 11.8 Å². The van der Waals surface area contributed by atoms with Crippen molar-refractivity contribution in [3.05, 3.63) is 70.4 Å². The highest BCUT2D eigenvalue weighted by atomic mass is 32.1. The number of carboxylic acids is 6. The van der Waals surface area contributed by atoms with Crippen LogP contribution in [0.15, 0.2) is 60.7 Å². The molecule has 0 unspecified atom stereocenters. The summed E-state index contributed by atoms with van der Waals surface area (Å²) in [4.78, 5) is 203. The third-order valence-corrected chi connectivity index (χ3v) is 18.9. The van der Waals surface area contributed by atoms with Crippen molar-refractivity contribution in [2.45, 2.75) is 102 Å². The number of ketones is 4. The minimum absolute atomic E-state index is 0.302. The van der Waals surface area contributed by atoms with Crippen LogP contribution in [0.1, 0.15) is 97.4 Å². The molecule has 0 aliphatic rings. The highest BCUT2D eigenvalue weighted by Crippen LogP contribution is 2.45. The molecule has 6 atom stereocenters. The van der Waals surface area contributed by atoms with Crippen molar-refractivity contribution in [1.29, 1.82) is 0 Å². The van der Waals surface area contributed by atoms with Crippen molar-refractivity contribution in [2.75, 3.05) is 13.1 Å². The number of hydrogen-bond acceptors (Lipinski definition) is 21. The second-order valence-corrected chi connectivity index (χ2v) is 25.3. The Labute approximate surface area is 524 Å². The topological polar surface area (TPSA) is 467 Å². The van der Waals surface area contributed by atoms with Gasteiger partial charge in [-0.25, -0.2) is 9.59 Å². The number of nitrogens with one attached hydrogen (secondary N) is 6. The van der Waals surface area contributed by atoms with Gasteiger partial charge < -0.3 is 62.5 Å². The Morgan fingerprint density at radius 1 is 0.348 bits per heavy atom. The van der Waals surface area contributed by atoms with Crippen LogP contribution in [0.3, 0.4) is 0 Å². The van der Waals surface area contributed by atoms with Crippen LogP contribution in [-0.4, -0.2) is 162 Å². The maximum absolute atomic E-state index is 13.0. The van der Waals surface area contributed by atoms with Crippen molar-refractivity contribution in [3.8, 4) is 39.0 Å². The molecule has 0 aliphatic heterocycles. The third kappa shape index (κ3) is 22.5. The summed E-state index contributed by atoms with van der Waals surface area (Å²) >= 11 is 6.93. The first-order valence-corrected chi connectivity index (χ1v) is 30.7. The lowest BCUT2D eigenvalue weighted by molar-refractivity contribution is -0.147. The molecule has 0 fully saturated rings.